The van der Waals surface area contributed by atoms with Gasteiger partial charge < -0.3 is 19.7 Å². The van der Waals surface area contributed by atoms with Gasteiger partial charge in [0.25, 0.3) is 0 Å². The molecule has 1 aliphatic heterocycles. The molecule has 2 rings (SSSR count). The molecular weight excluding hydrogens is 290 g/mol. The summed E-state index contributed by atoms with van der Waals surface area (Å²) in [6.45, 7) is 7.91. The summed E-state index contributed by atoms with van der Waals surface area (Å²) in [4.78, 5) is 7.12. The monoisotopic (exact) mass is 319 g/mol. The first kappa shape index (κ1) is 17.8. The Morgan fingerprint density at radius 1 is 1.30 bits per heavy atom. The lowest BCUT2D eigenvalue weighted by Crippen LogP contribution is -2.40. The van der Waals surface area contributed by atoms with Crippen molar-refractivity contribution >= 4 is 5.96 Å². The normalized spacial score (nSPS) is 18.4. The highest BCUT2D eigenvalue weighted by molar-refractivity contribution is 5.80. The largest absolute Gasteiger partial charge is 0.382 e. The summed E-state index contributed by atoms with van der Waals surface area (Å²) in [5.74, 6) is 1.59. The molecule has 0 radical (unpaired) electrons. The molecule has 23 heavy (non-hydrogen) atoms. The Labute approximate surface area is 139 Å². The standard InChI is InChI=1S/C18H29N3O2/c1-3-19-18(20-13-16-7-5-4-6-8-16)21-10-9-17(14-21)15-23-12-11-22-2/h4-8,17H,3,9-15H2,1-2H3,(H,19,20). The second-order valence-electron chi connectivity index (χ2n) is 5.82. The van der Waals surface area contributed by atoms with Crippen molar-refractivity contribution in [3.8, 4) is 0 Å². The number of hydrogen-bond acceptors (Lipinski definition) is 3. The zero-order valence-electron chi connectivity index (χ0n) is 14.3. The number of likely N-dealkylation sites (tertiary alicyclic amines) is 1. The third kappa shape index (κ3) is 6.20. The highest BCUT2D eigenvalue weighted by Crippen LogP contribution is 2.17. The van der Waals surface area contributed by atoms with Crippen LogP contribution in [0.15, 0.2) is 35.3 Å². The maximum absolute atomic E-state index is 5.66. The van der Waals surface area contributed by atoms with Crippen LogP contribution in [0.3, 0.4) is 0 Å². The van der Waals surface area contributed by atoms with Crippen molar-refractivity contribution in [3.05, 3.63) is 35.9 Å². The predicted molar refractivity (Wildman–Crippen MR) is 93.6 cm³/mol. The summed E-state index contributed by atoms with van der Waals surface area (Å²) in [5, 5.41) is 3.41. The van der Waals surface area contributed by atoms with E-state index in [9.17, 15) is 0 Å². The Balaban J connectivity index is 1.83. The average molecular weight is 319 g/mol. The van der Waals surface area contributed by atoms with E-state index in [2.05, 4.69) is 41.4 Å². The molecule has 0 amide bonds. The van der Waals surface area contributed by atoms with Crippen molar-refractivity contribution in [2.75, 3.05) is 46.6 Å². The summed E-state index contributed by atoms with van der Waals surface area (Å²) in [5.41, 5.74) is 1.24. The van der Waals surface area contributed by atoms with Gasteiger partial charge in [0.1, 0.15) is 0 Å². The molecule has 1 aliphatic rings. The molecular formula is C18H29N3O2. The number of methoxy groups -OCH3 is 1. The van der Waals surface area contributed by atoms with Gasteiger partial charge in [0.05, 0.1) is 26.4 Å². The van der Waals surface area contributed by atoms with Gasteiger partial charge in [0.2, 0.25) is 0 Å². The quantitative estimate of drug-likeness (QED) is 0.453. The van der Waals surface area contributed by atoms with Gasteiger partial charge in [-0.05, 0) is 18.9 Å². The van der Waals surface area contributed by atoms with E-state index in [-0.39, 0.29) is 0 Å². The Hall–Kier alpha value is -1.59. The molecule has 1 aromatic carbocycles. The third-order valence-corrected chi connectivity index (χ3v) is 3.96. The second kappa shape index (κ2) is 10.2. The Kier molecular flexibility index (Phi) is 7.90. The van der Waals surface area contributed by atoms with Gasteiger partial charge in [0.15, 0.2) is 5.96 Å². The van der Waals surface area contributed by atoms with Crippen molar-refractivity contribution < 1.29 is 9.47 Å². The number of aliphatic imine (C=N–C) groups is 1. The van der Waals surface area contributed by atoms with Gasteiger partial charge in [-0.15, -0.1) is 0 Å². The zero-order chi connectivity index (χ0) is 16.3. The highest BCUT2D eigenvalue weighted by Gasteiger charge is 2.24. The van der Waals surface area contributed by atoms with E-state index < -0.39 is 0 Å². The lowest BCUT2D eigenvalue weighted by atomic mass is 10.1. The summed E-state index contributed by atoms with van der Waals surface area (Å²) in [6.07, 6.45) is 1.16. The number of nitrogens with zero attached hydrogens (tertiary/aromatic N) is 2. The van der Waals surface area contributed by atoms with Crippen LogP contribution in [0.25, 0.3) is 0 Å². The number of guanidine groups is 1. The van der Waals surface area contributed by atoms with Gasteiger partial charge in [0, 0.05) is 32.7 Å². The van der Waals surface area contributed by atoms with Crippen LogP contribution in [0.5, 0.6) is 0 Å². The fourth-order valence-electron chi connectivity index (χ4n) is 2.73. The molecule has 5 nitrogen and oxygen atoms in total. The van der Waals surface area contributed by atoms with Crippen LogP contribution in [-0.2, 0) is 16.0 Å². The van der Waals surface area contributed by atoms with E-state index in [4.69, 9.17) is 14.5 Å². The first-order chi connectivity index (χ1) is 11.3. The van der Waals surface area contributed by atoms with Crippen LogP contribution in [0.4, 0.5) is 0 Å². The molecule has 1 unspecified atom stereocenters. The van der Waals surface area contributed by atoms with E-state index in [0.717, 1.165) is 38.6 Å². The van der Waals surface area contributed by atoms with E-state index in [1.807, 2.05) is 6.07 Å². The molecule has 0 aliphatic carbocycles. The lowest BCUT2D eigenvalue weighted by molar-refractivity contribution is 0.0536. The highest BCUT2D eigenvalue weighted by atomic mass is 16.5. The van der Waals surface area contributed by atoms with Crippen LogP contribution in [0.1, 0.15) is 18.9 Å². The molecule has 0 saturated carbocycles. The zero-order valence-corrected chi connectivity index (χ0v) is 14.3. The maximum Gasteiger partial charge on any atom is 0.194 e. The van der Waals surface area contributed by atoms with Gasteiger partial charge in [-0.1, -0.05) is 30.3 Å². The molecule has 128 valence electrons. The SMILES string of the molecule is CCNC(=NCc1ccccc1)N1CCC(COCCOC)C1. The fraction of sp³-hybridized carbons (Fsp3) is 0.611. The van der Waals surface area contributed by atoms with Crippen LogP contribution in [0, 0.1) is 5.92 Å². The van der Waals surface area contributed by atoms with Crippen molar-refractivity contribution in [1.29, 1.82) is 0 Å². The van der Waals surface area contributed by atoms with Gasteiger partial charge in [-0.25, -0.2) is 4.99 Å². The molecule has 0 bridgehead atoms. The number of hydrogen-bond donors (Lipinski definition) is 1. The van der Waals surface area contributed by atoms with E-state index >= 15 is 0 Å². The van der Waals surface area contributed by atoms with Gasteiger partial charge in [-0.3, -0.25) is 0 Å². The minimum absolute atomic E-state index is 0.576. The average Bonchev–Trinajstić information content (AvgIpc) is 3.05. The topological polar surface area (TPSA) is 46.1 Å². The number of rotatable bonds is 8. The molecule has 1 heterocycles. The van der Waals surface area contributed by atoms with Crippen LogP contribution in [-0.4, -0.2) is 57.4 Å². The van der Waals surface area contributed by atoms with Crippen molar-refractivity contribution in [1.82, 2.24) is 10.2 Å². The molecule has 0 spiro atoms. The first-order valence-corrected chi connectivity index (χ1v) is 8.47. The summed E-state index contributed by atoms with van der Waals surface area (Å²) >= 11 is 0. The molecule has 1 atom stereocenters. The summed E-state index contributed by atoms with van der Waals surface area (Å²) in [6, 6.07) is 10.4. The Morgan fingerprint density at radius 2 is 2.13 bits per heavy atom. The smallest absolute Gasteiger partial charge is 0.194 e. The number of nitrogens with one attached hydrogen (secondary N) is 1. The van der Waals surface area contributed by atoms with E-state index in [1.54, 1.807) is 7.11 Å². The molecule has 1 saturated heterocycles. The number of benzene rings is 1. The maximum atomic E-state index is 5.66. The van der Waals surface area contributed by atoms with E-state index in [0.29, 0.717) is 25.7 Å². The van der Waals surface area contributed by atoms with Crippen LogP contribution < -0.4 is 5.32 Å². The molecule has 0 aromatic heterocycles. The molecule has 5 heteroatoms. The Morgan fingerprint density at radius 3 is 2.87 bits per heavy atom. The third-order valence-electron chi connectivity index (χ3n) is 3.96. The van der Waals surface area contributed by atoms with Crippen molar-refractivity contribution in [3.63, 3.8) is 0 Å². The molecule has 1 fully saturated rings. The predicted octanol–water partition coefficient (Wildman–Crippen LogP) is 2.14. The van der Waals surface area contributed by atoms with Crippen LogP contribution >= 0.6 is 0 Å². The lowest BCUT2D eigenvalue weighted by Gasteiger charge is -2.21. The van der Waals surface area contributed by atoms with E-state index in [1.165, 1.54) is 5.56 Å². The first-order valence-electron chi connectivity index (χ1n) is 8.47. The minimum Gasteiger partial charge on any atom is -0.382 e. The fourth-order valence-corrected chi connectivity index (χ4v) is 2.73. The van der Waals surface area contributed by atoms with Gasteiger partial charge >= 0.3 is 0 Å². The molecule has 1 aromatic rings. The minimum atomic E-state index is 0.576. The Bertz CT molecular complexity index is 465. The van der Waals surface area contributed by atoms with Crippen molar-refractivity contribution in [2.45, 2.75) is 19.9 Å². The summed E-state index contributed by atoms with van der Waals surface area (Å²) < 4.78 is 10.7. The molecule has 1 N–H and O–H groups in total. The van der Waals surface area contributed by atoms with Crippen LogP contribution in [0.2, 0.25) is 0 Å². The van der Waals surface area contributed by atoms with Gasteiger partial charge in [-0.2, -0.15) is 0 Å². The van der Waals surface area contributed by atoms with Crippen molar-refractivity contribution in [2.24, 2.45) is 10.9 Å². The summed E-state index contributed by atoms with van der Waals surface area (Å²) in [7, 11) is 1.70. The number of ether oxygens (including phenoxy) is 2. The second-order valence-corrected chi connectivity index (χ2v) is 5.82.